The molecule has 2 nitrogen and oxygen atoms in total. The highest BCUT2D eigenvalue weighted by molar-refractivity contribution is 14.1. The number of hydrogen-bond acceptors (Lipinski definition) is 2. The molecule has 114 valence electrons. The Kier molecular flexibility index (Phi) is 3.81. The van der Waals surface area contributed by atoms with Gasteiger partial charge in [-0.25, -0.2) is 0 Å². The molecule has 4 rings (SSSR count). The van der Waals surface area contributed by atoms with Crippen LogP contribution in [0.4, 0.5) is 5.69 Å². The fourth-order valence-electron chi connectivity index (χ4n) is 4.09. The monoisotopic (exact) mass is 424 g/mol. The lowest BCUT2D eigenvalue weighted by Crippen LogP contribution is -2.24. The van der Waals surface area contributed by atoms with Crippen molar-refractivity contribution in [2.45, 2.75) is 31.6 Å². The first-order valence-corrected chi connectivity index (χ1v) is 9.69. The molecule has 2 aliphatic carbocycles. The topological polar surface area (TPSA) is 38.9 Å². The van der Waals surface area contributed by atoms with Gasteiger partial charge in [-0.3, -0.25) is 4.98 Å². The Bertz CT molecular complexity index is 784. The van der Waals surface area contributed by atoms with Crippen LogP contribution in [0.5, 0.6) is 0 Å². The van der Waals surface area contributed by atoms with Crippen LogP contribution in [0.3, 0.4) is 0 Å². The van der Waals surface area contributed by atoms with Crippen LogP contribution >= 0.6 is 34.2 Å². The number of halogens is 2. The molecule has 2 unspecified atom stereocenters. The van der Waals surface area contributed by atoms with E-state index >= 15 is 0 Å². The lowest BCUT2D eigenvalue weighted by atomic mass is 9.70. The van der Waals surface area contributed by atoms with Gasteiger partial charge in [0.25, 0.3) is 0 Å². The molecule has 0 fully saturated rings. The Morgan fingerprint density at radius 2 is 2.18 bits per heavy atom. The molecule has 0 saturated carbocycles. The van der Waals surface area contributed by atoms with Gasteiger partial charge in [-0.15, -0.1) is 0 Å². The van der Waals surface area contributed by atoms with E-state index in [0.29, 0.717) is 11.8 Å². The molecule has 4 heteroatoms. The number of benzene rings is 1. The summed E-state index contributed by atoms with van der Waals surface area (Å²) >= 11 is 8.58. The van der Waals surface area contributed by atoms with E-state index in [4.69, 9.17) is 22.3 Å². The van der Waals surface area contributed by atoms with E-state index in [-0.39, 0.29) is 0 Å². The maximum Gasteiger partial charge on any atom is 0.0741 e. The molecule has 0 spiro atoms. The van der Waals surface area contributed by atoms with Gasteiger partial charge in [0, 0.05) is 31.8 Å². The number of anilines is 1. The van der Waals surface area contributed by atoms with Crippen LogP contribution in [0, 0.1) is 5.92 Å². The number of nitrogens with two attached hydrogens (primary N) is 1. The first kappa shape index (κ1) is 14.8. The Labute approximate surface area is 149 Å². The SMILES string of the molecule is Nc1c2c(nc3cc(Cl)ccc13)CC1C=C(CCI)CC2C1. The quantitative estimate of drug-likeness (QED) is 0.405. The van der Waals surface area contributed by atoms with E-state index < -0.39 is 0 Å². The molecular weight excluding hydrogens is 407 g/mol. The third kappa shape index (κ3) is 2.42. The second-order valence-electron chi connectivity index (χ2n) is 6.41. The van der Waals surface area contributed by atoms with E-state index in [0.717, 1.165) is 34.5 Å². The normalized spacial score (nSPS) is 23.3. The van der Waals surface area contributed by atoms with Crippen LogP contribution in [0.25, 0.3) is 10.9 Å². The van der Waals surface area contributed by atoms with E-state index in [9.17, 15) is 0 Å². The summed E-state index contributed by atoms with van der Waals surface area (Å²) in [7, 11) is 0. The minimum atomic E-state index is 0.546. The van der Waals surface area contributed by atoms with Crippen molar-refractivity contribution in [1.29, 1.82) is 0 Å². The molecular formula is C18H18ClIN2. The predicted molar refractivity (Wildman–Crippen MR) is 102 cm³/mol. The van der Waals surface area contributed by atoms with Gasteiger partial charge in [0.05, 0.1) is 5.52 Å². The largest absolute Gasteiger partial charge is 0.398 e. The molecule has 2 aliphatic rings. The Balaban J connectivity index is 1.85. The molecule has 2 bridgehead atoms. The molecule has 2 N–H and O–H groups in total. The van der Waals surface area contributed by atoms with Crippen molar-refractivity contribution in [3.8, 4) is 0 Å². The minimum absolute atomic E-state index is 0.546. The van der Waals surface area contributed by atoms with Gasteiger partial charge in [-0.05, 0) is 55.7 Å². The third-order valence-electron chi connectivity index (χ3n) is 4.95. The van der Waals surface area contributed by atoms with E-state index in [1.807, 2.05) is 18.2 Å². The minimum Gasteiger partial charge on any atom is -0.398 e. The van der Waals surface area contributed by atoms with Crippen LogP contribution < -0.4 is 5.73 Å². The molecule has 2 atom stereocenters. The Morgan fingerprint density at radius 3 is 3.00 bits per heavy atom. The number of nitrogens with zero attached hydrogens (tertiary/aromatic N) is 1. The lowest BCUT2D eigenvalue weighted by molar-refractivity contribution is 0.429. The summed E-state index contributed by atoms with van der Waals surface area (Å²) in [6.45, 7) is 0. The van der Waals surface area contributed by atoms with E-state index in [2.05, 4.69) is 28.7 Å². The van der Waals surface area contributed by atoms with Crippen molar-refractivity contribution in [2.75, 3.05) is 10.2 Å². The molecule has 22 heavy (non-hydrogen) atoms. The summed E-state index contributed by atoms with van der Waals surface area (Å²) < 4.78 is 1.19. The first-order valence-electron chi connectivity index (χ1n) is 7.78. The third-order valence-corrected chi connectivity index (χ3v) is 5.73. The number of rotatable bonds is 2. The number of nitrogen functional groups attached to an aromatic ring is 1. The Hall–Kier alpha value is -0.810. The average Bonchev–Trinajstić information content (AvgIpc) is 2.46. The molecule has 0 amide bonds. The zero-order chi connectivity index (χ0) is 15.3. The van der Waals surface area contributed by atoms with Crippen LogP contribution in [-0.2, 0) is 6.42 Å². The van der Waals surface area contributed by atoms with Gasteiger partial charge in [0.1, 0.15) is 0 Å². The first-order chi connectivity index (χ1) is 10.7. The number of pyridine rings is 1. The zero-order valence-corrected chi connectivity index (χ0v) is 15.2. The van der Waals surface area contributed by atoms with Gasteiger partial charge < -0.3 is 5.73 Å². The summed E-state index contributed by atoms with van der Waals surface area (Å²) in [5, 5.41) is 1.77. The zero-order valence-electron chi connectivity index (χ0n) is 12.3. The van der Waals surface area contributed by atoms with Crippen molar-refractivity contribution in [1.82, 2.24) is 4.98 Å². The second kappa shape index (κ2) is 5.68. The predicted octanol–water partition coefficient (Wildman–Crippen LogP) is 5.27. The van der Waals surface area contributed by atoms with Crippen LogP contribution in [0.2, 0.25) is 5.02 Å². The Morgan fingerprint density at radius 1 is 1.32 bits per heavy atom. The number of alkyl halides is 1. The number of hydrogen-bond donors (Lipinski definition) is 1. The molecule has 1 aromatic heterocycles. The molecule has 1 heterocycles. The summed E-state index contributed by atoms with van der Waals surface area (Å²) in [5.74, 6) is 1.18. The van der Waals surface area contributed by atoms with Crippen molar-refractivity contribution >= 4 is 50.8 Å². The maximum atomic E-state index is 6.54. The van der Waals surface area contributed by atoms with Gasteiger partial charge in [0.15, 0.2) is 0 Å². The van der Waals surface area contributed by atoms with Gasteiger partial charge in [-0.2, -0.15) is 0 Å². The average molecular weight is 425 g/mol. The van der Waals surface area contributed by atoms with Crippen molar-refractivity contribution in [3.05, 3.63) is 46.1 Å². The van der Waals surface area contributed by atoms with Crippen LogP contribution in [0.1, 0.15) is 36.4 Å². The summed E-state index contributed by atoms with van der Waals surface area (Å²) in [5.41, 5.74) is 12.5. The molecule has 2 aromatic rings. The van der Waals surface area contributed by atoms with Gasteiger partial charge >= 0.3 is 0 Å². The number of allylic oxidation sites excluding steroid dienone is 2. The van der Waals surface area contributed by atoms with Gasteiger partial charge in [-0.1, -0.05) is 45.8 Å². The van der Waals surface area contributed by atoms with E-state index in [1.165, 1.54) is 28.5 Å². The molecule has 0 radical (unpaired) electrons. The van der Waals surface area contributed by atoms with Crippen LogP contribution in [0.15, 0.2) is 29.8 Å². The summed E-state index contributed by atoms with van der Waals surface area (Å²) in [4.78, 5) is 4.90. The summed E-state index contributed by atoms with van der Waals surface area (Å²) in [6, 6.07) is 5.84. The highest BCUT2D eigenvalue weighted by Crippen LogP contribution is 2.47. The lowest BCUT2D eigenvalue weighted by Gasteiger charge is -2.36. The van der Waals surface area contributed by atoms with Crippen molar-refractivity contribution in [3.63, 3.8) is 0 Å². The van der Waals surface area contributed by atoms with Crippen molar-refractivity contribution < 1.29 is 0 Å². The highest BCUT2D eigenvalue weighted by atomic mass is 127. The van der Waals surface area contributed by atoms with Gasteiger partial charge in [0.2, 0.25) is 0 Å². The fourth-order valence-corrected chi connectivity index (χ4v) is 4.95. The van der Waals surface area contributed by atoms with Crippen molar-refractivity contribution in [2.24, 2.45) is 5.92 Å². The van der Waals surface area contributed by atoms with Crippen LogP contribution in [-0.4, -0.2) is 9.41 Å². The fraction of sp³-hybridized carbons (Fsp3) is 0.389. The number of fused-ring (bicyclic) bond motifs is 5. The number of aromatic nitrogens is 1. The maximum absolute atomic E-state index is 6.54. The smallest absolute Gasteiger partial charge is 0.0741 e. The molecule has 1 aromatic carbocycles. The summed E-state index contributed by atoms with van der Waals surface area (Å²) in [6.07, 6.45) is 7.10. The standard InChI is InChI=1S/C18H18ClIN2/c19-13-1-2-14-15(9-13)22-16-8-11-5-10(3-4-20)6-12(7-11)17(16)18(14)21/h1-2,5,9,11-12H,3-4,6-8H2,(H2,21,22). The molecule has 0 aliphatic heterocycles. The van der Waals surface area contributed by atoms with E-state index in [1.54, 1.807) is 5.57 Å². The second-order valence-corrected chi connectivity index (χ2v) is 7.93. The molecule has 0 saturated heterocycles. The highest BCUT2D eigenvalue weighted by Gasteiger charge is 2.33.